The number of nitrogens with one attached hydrogen (secondary N) is 1. The van der Waals surface area contributed by atoms with E-state index in [1.54, 1.807) is 11.9 Å². The van der Waals surface area contributed by atoms with Crippen LogP contribution in [0.15, 0.2) is 0 Å². The summed E-state index contributed by atoms with van der Waals surface area (Å²) in [5.74, 6) is 0.0678. The average molecular weight is 343 g/mol. The highest BCUT2D eigenvalue weighted by molar-refractivity contribution is 7.89. The highest BCUT2D eigenvalue weighted by Crippen LogP contribution is 2.30. The second-order valence-electron chi connectivity index (χ2n) is 6.96. The van der Waals surface area contributed by atoms with Gasteiger partial charge in [-0.2, -0.15) is 4.31 Å². The number of carbonyl (C=O) groups excluding carboxylic acids is 2. The first kappa shape index (κ1) is 16.7. The molecule has 7 nitrogen and oxygen atoms in total. The molecule has 130 valence electrons. The molecule has 8 heteroatoms. The predicted octanol–water partition coefficient (Wildman–Crippen LogP) is -0.215. The number of hydrogen-bond donors (Lipinski definition) is 1. The minimum Gasteiger partial charge on any atom is -0.359 e. The van der Waals surface area contributed by atoms with Crippen LogP contribution in [0.4, 0.5) is 0 Å². The van der Waals surface area contributed by atoms with Crippen molar-refractivity contribution in [2.24, 2.45) is 11.8 Å². The summed E-state index contributed by atoms with van der Waals surface area (Å²) >= 11 is 0. The fourth-order valence-electron chi connectivity index (χ4n) is 3.89. The third-order valence-electron chi connectivity index (χ3n) is 5.36. The molecule has 2 saturated heterocycles. The highest BCUT2D eigenvalue weighted by Gasteiger charge is 2.45. The molecule has 2 aliphatic heterocycles. The maximum atomic E-state index is 12.4. The van der Waals surface area contributed by atoms with Crippen LogP contribution in [0.3, 0.4) is 0 Å². The summed E-state index contributed by atoms with van der Waals surface area (Å²) in [6, 6.07) is -0.0736. The van der Waals surface area contributed by atoms with Gasteiger partial charge in [-0.3, -0.25) is 9.59 Å². The van der Waals surface area contributed by atoms with Crippen molar-refractivity contribution in [2.45, 2.75) is 38.1 Å². The molecule has 3 rings (SSSR count). The fourth-order valence-corrected chi connectivity index (χ4v) is 5.82. The maximum Gasteiger partial charge on any atom is 0.225 e. The molecule has 0 aromatic rings. The summed E-state index contributed by atoms with van der Waals surface area (Å²) in [5, 5.41) is 2.57. The minimum absolute atomic E-state index is 0.0450. The van der Waals surface area contributed by atoms with Gasteiger partial charge in [0.25, 0.3) is 0 Å². The Labute approximate surface area is 137 Å². The summed E-state index contributed by atoms with van der Waals surface area (Å²) in [4.78, 5) is 25.4. The number of nitrogens with zero attached hydrogens (tertiary/aromatic N) is 2. The Morgan fingerprint density at radius 3 is 2.48 bits per heavy atom. The summed E-state index contributed by atoms with van der Waals surface area (Å²) in [5.41, 5.74) is 0. The lowest BCUT2D eigenvalue weighted by Crippen LogP contribution is -2.61. The van der Waals surface area contributed by atoms with E-state index in [1.807, 2.05) is 0 Å². The van der Waals surface area contributed by atoms with Crippen LogP contribution in [0.25, 0.3) is 0 Å². The van der Waals surface area contributed by atoms with Gasteiger partial charge in [0.2, 0.25) is 21.8 Å². The Bertz CT molecular complexity index is 580. The summed E-state index contributed by atoms with van der Waals surface area (Å²) in [7, 11) is -1.64. The van der Waals surface area contributed by atoms with Gasteiger partial charge in [-0.15, -0.1) is 0 Å². The molecule has 3 fully saturated rings. The van der Waals surface area contributed by atoms with E-state index in [0.29, 0.717) is 25.6 Å². The topological polar surface area (TPSA) is 86.8 Å². The van der Waals surface area contributed by atoms with E-state index in [4.69, 9.17) is 0 Å². The molecule has 1 unspecified atom stereocenters. The van der Waals surface area contributed by atoms with E-state index in [1.165, 1.54) is 4.31 Å². The molecular weight excluding hydrogens is 318 g/mol. The summed E-state index contributed by atoms with van der Waals surface area (Å²) in [6.07, 6.45) is 4.51. The molecule has 0 aromatic heterocycles. The molecule has 1 saturated carbocycles. The van der Waals surface area contributed by atoms with Crippen molar-refractivity contribution in [1.82, 2.24) is 14.5 Å². The third kappa shape index (κ3) is 3.38. The lowest BCUT2D eigenvalue weighted by molar-refractivity contribution is -0.132. The quantitative estimate of drug-likeness (QED) is 0.748. The van der Waals surface area contributed by atoms with E-state index in [-0.39, 0.29) is 35.9 Å². The zero-order valence-electron chi connectivity index (χ0n) is 13.5. The Morgan fingerprint density at radius 2 is 1.87 bits per heavy atom. The van der Waals surface area contributed by atoms with Gasteiger partial charge >= 0.3 is 0 Å². The first-order chi connectivity index (χ1) is 10.9. The number of rotatable bonds is 5. The Morgan fingerprint density at radius 1 is 1.22 bits per heavy atom. The second kappa shape index (κ2) is 6.39. The van der Waals surface area contributed by atoms with Crippen LogP contribution in [-0.2, 0) is 19.6 Å². The van der Waals surface area contributed by atoms with Gasteiger partial charge in [0.1, 0.15) is 0 Å². The predicted molar refractivity (Wildman–Crippen MR) is 85.0 cm³/mol. The van der Waals surface area contributed by atoms with Crippen molar-refractivity contribution in [2.75, 3.05) is 32.4 Å². The Balaban J connectivity index is 1.52. The minimum atomic E-state index is -3.21. The van der Waals surface area contributed by atoms with Crippen LogP contribution in [0.5, 0.6) is 0 Å². The van der Waals surface area contributed by atoms with Crippen LogP contribution in [0.2, 0.25) is 0 Å². The van der Waals surface area contributed by atoms with Crippen molar-refractivity contribution < 1.29 is 18.0 Å². The molecule has 0 spiro atoms. The fraction of sp³-hybridized carbons (Fsp3) is 0.867. The van der Waals surface area contributed by atoms with Crippen LogP contribution < -0.4 is 5.32 Å². The number of likely N-dealkylation sites (tertiary alicyclic amines) is 1. The number of amides is 2. The van der Waals surface area contributed by atoms with E-state index in [9.17, 15) is 18.0 Å². The van der Waals surface area contributed by atoms with Crippen molar-refractivity contribution in [3.63, 3.8) is 0 Å². The molecule has 0 aromatic carbocycles. The van der Waals surface area contributed by atoms with E-state index < -0.39 is 10.0 Å². The Hall–Kier alpha value is -1.15. The number of sulfonamides is 1. The van der Waals surface area contributed by atoms with Crippen LogP contribution >= 0.6 is 0 Å². The van der Waals surface area contributed by atoms with Gasteiger partial charge in [0, 0.05) is 33.1 Å². The van der Waals surface area contributed by atoms with Gasteiger partial charge in [0.15, 0.2) is 0 Å². The molecule has 1 atom stereocenters. The zero-order chi connectivity index (χ0) is 16.6. The molecule has 1 aliphatic carbocycles. The van der Waals surface area contributed by atoms with Gasteiger partial charge in [-0.1, -0.05) is 12.8 Å². The molecule has 1 N–H and O–H groups in total. The van der Waals surface area contributed by atoms with E-state index in [0.717, 1.165) is 25.7 Å². The largest absolute Gasteiger partial charge is 0.359 e. The SMILES string of the molecule is CNC(=O)C1CC(=O)N(C2CN(S(=O)(=O)CC3CCCC3)C2)C1. The van der Waals surface area contributed by atoms with Gasteiger partial charge < -0.3 is 10.2 Å². The van der Waals surface area contributed by atoms with Crippen molar-refractivity contribution in [3.8, 4) is 0 Å². The number of carbonyl (C=O) groups is 2. The normalized spacial score (nSPS) is 27.4. The molecule has 2 amide bonds. The summed E-state index contributed by atoms with van der Waals surface area (Å²) < 4.78 is 26.3. The highest BCUT2D eigenvalue weighted by atomic mass is 32.2. The average Bonchev–Trinajstić information content (AvgIpc) is 3.06. The van der Waals surface area contributed by atoms with E-state index >= 15 is 0 Å². The lowest BCUT2D eigenvalue weighted by Gasteiger charge is -2.43. The monoisotopic (exact) mass is 343 g/mol. The maximum absolute atomic E-state index is 12.4. The van der Waals surface area contributed by atoms with Gasteiger partial charge in [-0.05, 0) is 18.8 Å². The second-order valence-corrected chi connectivity index (χ2v) is 8.97. The number of hydrogen-bond acceptors (Lipinski definition) is 4. The molecule has 2 heterocycles. The van der Waals surface area contributed by atoms with Crippen LogP contribution in [0.1, 0.15) is 32.1 Å². The third-order valence-corrected chi connectivity index (χ3v) is 7.34. The Kier molecular flexibility index (Phi) is 4.64. The van der Waals surface area contributed by atoms with Gasteiger partial charge in [-0.25, -0.2) is 8.42 Å². The van der Waals surface area contributed by atoms with Crippen molar-refractivity contribution in [1.29, 1.82) is 0 Å². The first-order valence-electron chi connectivity index (χ1n) is 8.39. The molecule has 0 radical (unpaired) electrons. The van der Waals surface area contributed by atoms with Crippen LogP contribution in [0, 0.1) is 11.8 Å². The molecule has 23 heavy (non-hydrogen) atoms. The lowest BCUT2D eigenvalue weighted by atomic mass is 10.1. The van der Waals surface area contributed by atoms with Crippen molar-refractivity contribution in [3.05, 3.63) is 0 Å². The van der Waals surface area contributed by atoms with E-state index in [2.05, 4.69) is 5.32 Å². The smallest absolute Gasteiger partial charge is 0.225 e. The standard InChI is InChI=1S/C15H25N3O4S/c1-16-15(20)12-6-14(19)18(7-12)13-8-17(9-13)23(21,22)10-11-4-2-3-5-11/h11-13H,2-10H2,1H3,(H,16,20). The molecular formula is C15H25N3O4S. The summed E-state index contributed by atoms with van der Waals surface area (Å²) in [6.45, 7) is 1.15. The zero-order valence-corrected chi connectivity index (χ0v) is 14.3. The van der Waals surface area contributed by atoms with Crippen LogP contribution in [-0.4, -0.2) is 67.9 Å². The first-order valence-corrected chi connectivity index (χ1v) is 10.0. The van der Waals surface area contributed by atoms with Crippen molar-refractivity contribution >= 4 is 21.8 Å². The molecule has 0 bridgehead atoms. The molecule has 3 aliphatic rings. The van der Waals surface area contributed by atoms with Gasteiger partial charge in [0.05, 0.1) is 17.7 Å².